The van der Waals surface area contributed by atoms with Gasteiger partial charge >= 0.3 is 0 Å². The third-order valence-corrected chi connectivity index (χ3v) is 3.96. The largest absolute Gasteiger partial charge is 0.497 e. The van der Waals surface area contributed by atoms with Gasteiger partial charge in [0.15, 0.2) is 0 Å². The smallest absolute Gasteiger partial charge is 0.265 e. The topological polar surface area (TPSA) is 55.0 Å². The number of aromatic amines is 1. The molecule has 0 aliphatic heterocycles. The molecule has 3 rings (SSSR count). The van der Waals surface area contributed by atoms with Crippen molar-refractivity contribution in [1.82, 2.24) is 9.97 Å². The highest BCUT2D eigenvalue weighted by atomic mass is 79.9. The van der Waals surface area contributed by atoms with Crippen LogP contribution in [0.2, 0.25) is 0 Å². The van der Waals surface area contributed by atoms with Crippen molar-refractivity contribution >= 4 is 15.9 Å². The number of nitrogens with zero attached hydrogens (tertiary/aromatic N) is 1. The minimum atomic E-state index is -0.130. The Morgan fingerprint density at radius 2 is 2.21 bits per heavy atom. The van der Waals surface area contributed by atoms with E-state index in [1.807, 2.05) is 24.3 Å². The standard InChI is InChI=1S/C14H13BrN2O2/c1-19-10-4-2-3-9(7-10)13-16-12(8-5-6-8)11(15)14(18)17-13/h2-4,7-8H,5-6H2,1H3,(H,16,17,18). The van der Waals surface area contributed by atoms with Crippen LogP contribution in [0, 0.1) is 0 Å². The summed E-state index contributed by atoms with van der Waals surface area (Å²) >= 11 is 3.32. The lowest BCUT2D eigenvalue weighted by molar-refractivity contribution is 0.415. The summed E-state index contributed by atoms with van der Waals surface area (Å²) < 4.78 is 5.75. The average molecular weight is 321 g/mol. The van der Waals surface area contributed by atoms with Crippen molar-refractivity contribution in [2.24, 2.45) is 0 Å². The van der Waals surface area contributed by atoms with Crippen LogP contribution in [0.5, 0.6) is 5.75 Å². The molecule has 0 radical (unpaired) electrons. The molecule has 1 fully saturated rings. The second kappa shape index (κ2) is 4.81. The molecule has 2 aromatic rings. The number of hydrogen-bond acceptors (Lipinski definition) is 3. The molecule has 1 saturated carbocycles. The van der Waals surface area contributed by atoms with Crippen molar-refractivity contribution in [3.8, 4) is 17.1 Å². The summed E-state index contributed by atoms with van der Waals surface area (Å²) in [6, 6.07) is 7.52. The van der Waals surface area contributed by atoms with Gasteiger partial charge in [0.1, 0.15) is 16.0 Å². The van der Waals surface area contributed by atoms with Gasteiger partial charge in [-0.15, -0.1) is 0 Å². The fourth-order valence-electron chi connectivity index (χ4n) is 2.01. The first-order chi connectivity index (χ1) is 9.19. The maximum atomic E-state index is 11.9. The Morgan fingerprint density at radius 1 is 1.42 bits per heavy atom. The third-order valence-electron chi connectivity index (χ3n) is 3.20. The first-order valence-electron chi connectivity index (χ1n) is 6.13. The van der Waals surface area contributed by atoms with Crippen LogP contribution < -0.4 is 10.3 Å². The van der Waals surface area contributed by atoms with Gasteiger partial charge in [0.25, 0.3) is 5.56 Å². The number of methoxy groups -OCH3 is 1. The maximum Gasteiger partial charge on any atom is 0.265 e. The summed E-state index contributed by atoms with van der Waals surface area (Å²) in [6.45, 7) is 0. The number of H-pyrrole nitrogens is 1. The number of ether oxygens (including phenoxy) is 1. The molecule has 1 aliphatic carbocycles. The first kappa shape index (κ1) is 12.4. The predicted octanol–water partition coefficient (Wildman–Crippen LogP) is 3.09. The van der Waals surface area contributed by atoms with E-state index in [0.717, 1.165) is 29.8 Å². The lowest BCUT2D eigenvalue weighted by Gasteiger charge is -2.07. The number of benzene rings is 1. The number of rotatable bonds is 3. The first-order valence-corrected chi connectivity index (χ1v) is 6.92. The van der Waals surface area contributed by atoms with Crippen molar-refractivity contribution in [3.63, 3.8) is 0 Å². The maximum absolute atomic E-state index is 11.9. The molecule has 1 aromatic carbocycles. The van der Waals surface area contributed by atoms with Crippen LogP contribution in [0.15, 0.2) is 33.5 Å². The summed E-state index contributed by atoms with van der Waals surface area (Å²) in [7, 11) is 1.62. The van der Waals surface area contributed by atoms with Gasteiger partial charge < -0.3 is 9.72 Å². The SMILES string of the molecule is COc1cccc(-c2nc(C3CC3)c(Br)c(=O)[nH]2)c1. The van der Waals surface area contributed by atoms with E-state index in [1.54, 1.807) is 7.11 Å². The number of aromatic nitrogens is 2. The van der Waals surface area contributed by atoms with Crippen LogP contribution in [-0.2, 0) is 0 Å². The summed E-state index contributed by atoms with van der Waals surface area (Å²) in [5.74, 6) is 1.76. The summed E-state index contributed by atoms with van der Waals surface area (Å²) in [6.07, 6.45) is 2.21. The van der Waals surface area contributed by atoms with Crippen molar-refractivity contribution in [3.05, 3.63) is 44.8 Å². The summed E-state index contributed by atoms with van der Waals surface area (Å²) in [4.78, 5) is 19.3. The zero-order valence-electron chi connectivity index (χ0n) is 10.4. The lowest BCUT2D eigenvalue weighted by Crippen LogP contribution is -2.13. The van der Waals surface area contributed by atoms with Crippen LogP contribution in [0.4, 0.5) is 0 Å². The number of hydrogen-bond donors (Lipinski definition) is 1. The molecule has 0 bridgehead atoms. The molecule has 1 aromatic heterocycles. The Balaban J connectivity index is 2.11. The predicted molar refractivity (Wildman–Crippen MR) is 76.5 cm³/mol. The zero-order chi connectivity index (χ0) is 13.4. The fraction of sp³-hybridized carbons (Fsp3) is 0.286. The van der Waals surface area contributed by atoms with E-state index < -0.39 is 0 Å². The zero-order valence-corrected chi connectivity index (χ0v) is 12.0. The van der Waals surface area contributed by atoms with Gasteiger partial charge in [-0.05, 0) is 40.9 Å². The second-order valence-corrected chi connectivity index (χ2v) is 5.41. The molecule has 0 atom stereocenters. The van der Waals surface area contributed by atoms with Gasteiger partial charge in [-0.25, -0.2) is 4.98 Å². The van der Waals surface area contributed by atoms with Crippen LogP contribution in [0.25, 0.3) is 11.4 Å². The highest BCUT2D eigenvalue weighted by Gasteiger charge is 2.29. The highest BCUT2D eigenvalue weighted by Crippen LogP contribution is 2.41. The summed E-state index contributed by atoms with van der Waals surface area (Å²) in [5.41, 5.74) is 1.59. The quantitative estimate of drug-likeness (QED) is 0.945. The average Bonchev–Trinajstić information content (AvgIpc) is 3.26. The molecule has 1 N–H and O–H groups in total. The Morgan fingerprint density at radius 3 is 2.89 bits per heavy atom. The Hall–Kier alpha value is -1.62. The summed E-state index contributed by atoms with van der Waals surface area (Å²) in [5, 5.41) is 0. The molecule has 0 unspecified atom stereocenters. The fourth-order valence-corrected chi connectivity index (χ4v) is 2.52. The third kappa shape index (κ3) is 2.42. The molecule has 19 heavy (non-hydrogen) atoms. The van der Waals surface area contributed by atoms with Gasteiger partial charge in [-0.3, -0.25) is 4.79 Å². The van der Waals surface area contributed by atoms with E-state index in [-0.39, 0.29) is 5.56 Å². The van der Waals surface area contributed by atoms with Crippen molar-refractivity contribution in [2.45, 2.75) is 18.8 Å². The highest BCUT2D eigenvalue weighted by molar-refractivity contribution is 9.10. The molecule has 0 saturated heterocycles. The molecular weight excluding hydrogens is 308 g/mol. The van der Waals surface area contributed by atoms with Gasteiger partial charge in [0, 0.05) is 11.5 Å². The number of nitrogens with one attached hydrogen (secondary N) is 1. The molecular formula is C14H13BrN2O2. The molecule has 1 heterocycles. The minimum Gasteiger partial charge on any atom is -0.497 e. The van der Waals surface area contributed by atoms with Crippen LogP contribution in [0.3, 0.4) is 0 Å². The Kier molecular flexibility index (Phi) is 3.14. The molecule has 4 nitrogen and oxygen atoms in total. The molecule has 5 heteroatoms. The van der Waals surface area contributed by atoms with E-state index in [4.69, 9.17) is 4.74 Å². The van der Waals surface area contributed by atoms with E-state index in [9.17, 15) is 4.79 Å². The van der Waals surface area contributed by atoms with Crippen molar-refractivity contribution in [1.29, 1.82) is 0 Å². The number of halogens is 1. The lowest BCUT2D eigenvalue weighted by atomic mass is 10.2. The molecule has 0 amide bonds. The van der Waals surface area contributed by atoms with Gasteiger partial charge in [0.05, 0.1) is 12.8 Å². The van der Waals surface area contributed by atoms with Crippen LogP contribution in [0.1, 0.15) is 24.5 Å². The molecule has 0 spiro atoms. The molecule has 98 valence electrons. The monoisotopic (exact) mass is 320 g/mol. The Bertz CT molecular complexity index is 677. The van der Waals surface area contributed by atoms with E-state index in [0.29, 0.717) is 16.2 Å². The van der Waals surface area contributed by atoms with E-state index in [1.165, 1.54) is 0 Å². The van der Waals surface area contributed by atoms with Crippen LogP contribution >= 0.6 is 15.9 Å². The Labute approximate surface area is 119 Å². The van der Waals surface area contributed by atoms with Gasteiger partial charge in [0.2, 0.25) is 0 Å². The second-order valence-electron chi connectivity index (χ2n) is 4.62. The minimum absolute atomic E-state index is 0.130. The van der Waals surface area contributed by atoms with Crippen LogP contribution in [-0.4, -0.2) is 17.1 Å². The van der Waals surface area contributed by atoms with Gasteiger partial charge in [-0.2, -0.15) is 0 Å². The van der Waals surface area contributed by atoms with Crippen molar-refractivity contribution < 1.29 is 4.74 Å². The van der Waals surface area contributed by atoms with Crippen molar-refractivity contribution in [2.75, 3.05) is 7.11 Å². The van der Waals surface area contributed by atoms with Gasteiger partial charge in [-0.1, -0.05) is 12.1 Å². The van der Waals surface area contributed by atoms with E-state index in [2.05, 4.69) is 25.9 Å². The normalized spacial score (nSPS) is 14.4. The molecule has 1 aliphatic rings. The van der Waals surface area contributed by atoms with E-state index >= 15 is 0 Å².